The van der Waals surface area contributed by atoms with E-state index in [1.54, 1.807) is 0 Å². The minimum Gasteiger partial charge on any atom is -0.443 e. The molecule has 16 heavy (non-hydrogen) atoms. The summed E-state index contributed by atoms with van der Waals surface area (Å²) in [7, 11) is 1.91. The third-order valence-electron chi connectivity index (χ3n) is 3.14. The molecule has 0 amide bonds. The number of likely N-dealkylation sites (N-methyl/N-ethyl adjacent to an activating group) is 1. The Bertz CT molecular complexity index is 490. The molecule has 1 aromatic carbocycles. The third-order valence-corrected chi connectivity index (χ3v) is 3.14. The largest absolute Gasteiger partial charge is 0.443 e. The molecule has 4 heteroatoms. The number of hydrogen-bond acceptors (Lipinski definition) is 4. The molecule has 2 rings (SSSR count). The number of nitrogens with zero attached hydrogens (tertiary/aromatic N) is 1. The molecule has 0 aliphatic carbocycles. The van der Waals surface area contributed by atoms with Crippen molar-refractivity contribution in [2.24, 2.45) is 5.73 Å². The molecule has 4 nitrogen and oxygen atoms in total. The molecule has 3 N–H and O–H groups in total. The number of aromatic nitrogens is 1. The van der Waals surface area contributed by atoms with E-state index in [-0.39, 0.29) is 11.6 Å². The monoisotopic (exact) mass is 219 g/mol. The molecular formula is C12H17N3O. The maximum absolute atomic E-state index is 6.22. The van der Waals surface area contributed by atoms with Crippen molar-refractivity contribution in [2.45, 2.75) is 25.4 Å². The molecule has 0 fully saturated rings. The summed E-state index contributed by atoms with van der Waals surface area (Å²) in [5.74, 6) is 0. The van der Waals surface area contributed by atoms with Crippen LogP contribution in [0.2, 0.25) is 0 Å². The van der Waals surface area contributed by atoms with Crippen molar-refractivity contribution in [3.05, 3.63) is 30.2 Å². The van der Waals surface area contributed by atoms with E-state index in [0.29, 0.717) is 0 Å². The van der Waals surface area contributed by atoms with Crippen LogP contribution in [0.1, 0.15) is 25.5 Å². The highest BCUT2D eigenvalue weighted by atomic mass is 16.3. The van der Waals surface area contributed by atoms with E-state index < -0.39 is 0 Å². The second kappa shape index (κ2) is 3.88. The second-order valence-electron chi connectivity index (χ2n) is 4.53. The minimum atomic E-state index is -0.159. The van der Waals surface area contributed by atoms with Crippen LogP contribution in [0.3, 0.4) is 0 Å². The van der Waals surface area contributed by atoms with Crippen LogP contribution in [-0.2, 0) is 0 Å². The van der Waals surface area contributed by atoms with Crippen molar-refractivity contribution in [3.63, 3.8) is 0 Å². The van der Waals surface area contributed by atoms with Crippen molar-refractivity contribution in [3.8, 4) is 0 Å². The first-order valence-electron chi connectivity index (χ1n) is 5.32. The van der Waals surface area contributed by atoms with Gasteiger partial charge in [-0.3, -0.25) is 0 Å². The van der Waals surface area contributed by atoms with E-state index in [4.69, 9.17) is 10.2 Å². The standard InChI is InChI=1S/C12H17N3O/c1-12(2,14-3)11(13)8-4-5-9-10(6-8)16-7-15-9/h4-7,11,14H,13H2,1-3H3. The first kappa shape index (κ1) is 11.1. The Morgan fingerprint density at radius 2 is 2.19 bits per heavy atom. The van der Waals surface area contributed by atoms with E-state index in [1.165, 1.54) is 6.39 Å². The van der Waals surface area contributed by atoms with Gasteiger partial charge in [0.1, 0.15) is 5.52 Å². The molecule has 1 heterocycles. The quantitative estimate of drug-likeness (QED) is 0.826. The SMILES string of the molecule is CNC(C)(C)C(N)c1ccc2ncoc2c1. The topological polar surface area (TPSA) is 64.1 Å². The van der Waals surface area contributed by atoms with Crippen LogP contribution in [0.25, 0.3) is 11.1 Å². The van der Waals surface area contributed by atoms with Crippen LogP contribution in [0.4, 0.5) is 0 Å². The second-order valence-corrected chi connectivity index (χ2v) is 4.53. The molecule has 0 bridgehead atoms. The van der Waals surface area contributed by atoms with E-state index >= 15 is 0 Å². The van der Waals surface area contributed by atoms with E-state index in [1.807, 2.05) is 25.2 Å². The van der Waals surface area contributed by atoms with E-state index in [2.05, 4.69) is 24.1 Å². The zero-order chi connectivity index (χ0) is 11.8. The summed E-state index contributed by atoms with van der Waals surface area (Å²) < 4.78 is 5.27. The molecule has 0 spiro atoms. The molecule has 1 atom stereocenters. The van der Waals surface area contributed by atoms with Gasteiger partial charge in [-0.1, -0.05) is 6.07 Å². The summed E-state index contributed by atoms with van der Waals surface area (Å²) >= 11 is 0. The number of rotatable bonds is 3. The highest BCUT2D eigenvalue weighted by Gasteiger charge is 2.25. The number of nitrogens with two attached hydrogens (primary N) is 1. The summed E-state index contributed by atoms with van der Waals surface area (Å²) in [4.78, 5) is 4.08. The Labute approximate surface area is 94.8 Å². The van der Waals surface area contributed by atoms with Gasteiger partial charge in [-0.05, 0) is 38.6 Å². The fourth-order valence-corrected chi connectivity index (χ4v) is 1.64. The lowest BCUT2D eigenvalue weighted by Crippen LogP contribution is -2.46. The highest BCUT2D eigenvalue weighted by Crippen LogP contribution is 2.25. The van der Waals surface area contributed by atoms with Gasteiger partial charge in [0.25, 0.3) is 0 Å². The molecule has 0 saturated heterocycles. The van der Waals surface area contributed by atoms with E-state index in [0.717, 1.165) is 16.7 Å². The molecule has 0 aliphatic heterocycles. The lowest BCUT2D eigenvalue weighted by Gasteiger charge is -2.31. The summed E-state index contributed by atoms with van der Waals surface area (Å²) in [6, 6.07) is 5.78. The maximum atomic E-state index is 6.22. The Morgan fingerprint density at radius 3 is 2.88 bits per heavy atom. The summed E-state index contributed by atoms with van der Waals surface area (Å²) in [6.45, 7) is 4.14. The summed E-state index contributed by atoms with van der Waals surface area (Å²) in [5, 5.41) is 3.21. The lowest BCUT2D eigenvalue weighted by atomic mass is 9.89. The number of nitrogens with one attached hydrogen (secondary N) is 1. The van der Waals surface area contributed by atoms with Crippen molar-refractivity contribution < 1.29 is 4.42 Å². The number of benzene rings is 1. The van der Waals surface area contributed by atoms with Gasteiger partial charge in [0.05, 0.1) is 0 Å². The van der Waals surface area contributed by atoms with Gasteiger partial charge in [0.15, 0.2) is 12.0 Å². The lowest BCUT2D eigenvalue weighted by molar-refractivity contribution is 0.349. The first-order chi connectivity index (χ1) is 7.54. The zero-order valence-electron chi connectivity index (χ0n) is 9.82. The molecule has 2 aromatic rings. The minimum absolute atomic E-state index is 0.0907. The van der Waals surface area contributed by atoms with Crippen LogP contribution in [0.5, 0.6) is 0 Å². The Morgan fingerprint density at radius 1 is 1.44 bits per heavy atom. The van der Waals surface area contributed by atoms with Gasteiger partial charge in [-0.15, -0.1) is 0 Å². The van der Waals surface area contributed by atoms with Gasteiger partial charge in [-0.2, -0.15) is 0 Å². The van der Waals surface area contributed by atoms with Crippen molar-refractivity contribution in [2.75, 3.05) is 7.05 Å². The average molecular weight is 219 g/mol. The highest BCUT2D eigenvalue weighted by molar-refractivity contribution is 5.73. The summed E-state index contributed by atoms with van der Waals surface area (Å²) in [5.41, 5.74) is 8.74. The van der Waals surface area contributed by atoms with Gasteiger partial charge in [0.2, 0.25) is 0 Å². The molecule has 0 saturated carbocycles. The third kappa shape index (κ3) is 1.81. The smallest absolute Gasteiger partial charge is 0.181 e. The van der Waals surface area contributed by atoms with Gasteiger partial charge in [-0.25, -0.2) is 4.98 Å². The fourth-order valence-electron chi connectivity index (χ4n) is 1.64. The average Bonchev–Trinajstić information content (AvgIpc) is 2.74. The Hall–Kier alpha value is -1.39. The fraction of sp³-hybridized carbons (Fsp3) is 0.417. The molecule has 0 radical (unpaired) electrons. The molecule has 1 unspecified atom stereocenters. The number of oxazole rings is 1. The molecular weight excluding hydrogens is 202 g/mol. The number of fused-ring (bicyclic) bond motifs is 1. The first-order valence-corrected chi connectivity index (χ1v) is 5.32. The van der Waals surface area contributed by atoms with Crippen LogP contribution >= 0.6 is 0 Å². The van der Waals surface area contributed by atoms with Crippen LogP contribution in [-0.4, -0.2) is 17.6 Å². The van der Waals surface area contributed by atoms with Gasteiger partial charge < -0.3 is 15.5 Å². The predicted molar refractivity (Wildman–Crippen MR) is 64.1 cm³/mol. The van der Waals surface area contributed by atoms with Gasteiger partial charge >= 0.3 is 0 Å². The van der Waals surface area contributed by atoms with Crippen LogP contribution in [0, 0.1) is 0 Å². The van der Waals surface area contributed by atoms with Crippen LogP contribution < -0.4 is 11.1 Å². The molecule has 1 aromatic heterocycles. The van der Waals surface area contributed by atoms with Crippen molar-refractivity contribution >= 4 is 11.1 Å². The van der Waals surface area contributed by atoms with Crippen molar-refractivity contribution in [1.29, 1.82) is 0 Å². The van der Waals surface area contributed by atoms with E-state index in [9.17, 15) is 0 Å². The Kier molecular flexibility index (Phi) is 2.69. The van der Waals surface area contributed by atoms with Crippen LogP contribution in [0.15, 0.2) is 29.0 Å². The molecule has 86 valence electrons. The Balaban J connectivity index is 2.39. The maximum Gasteiger partial charge on any atom is 0.181 e. The zero-order valence-corrected chi connectivity index (χ0v) is 9.82. The summed E-state index contributed by atoms with van der Waals surface area (Å²) in [6.07, 6.45) is 1.45. The van der Waals surface area contributed by atoms with Gasteiger partial charge in [0, 0.05) is 11.6 Å². The normalized spacial score (nSPS) is 14.2. The van der Waals surface area contributed by atoms with Crippen molar-refractivity contribution in [1.82, 2.24) is 10.3 Å². The molecule has 0 aliphatic rings. The number of hydrogen-bond donors (Lipinski definition) is 2. The predicted octanol–water partition coefficient (Wildman–Crippen LogP) is 1.83.